The summed E-state index contributed by atoms with van der Waals surface area (Å²) in [6, 6.07) is 83.9. The summed E-state index contributed by atoms with van der Waals surface area (Å²) < 4.78 is 16.6. The zero-order chi connectivity index (χ0) is 88.8. The Kier molecular flexibility index (Phi) is 54.5. The summed E-state index contributed by atoms with van der Waals surface area (Å²) >= 11 is 1.68. The number of ketones is 4. The van der Waals surface area contributed by atoms with E-state index in [2.05, 4.69) is 113 Å². The van der Waals surface area contributed by atoms with Crippen LogP contribution in [0.5, 0.6) is 0 Å². The Hall–Kier alpha value is -12.7. The van der Waals surface area contributed by atoms with Gasteiger partial charge in [-0.2, -0.15) is 46.6 Å². The zero-order valence-corrected chi connectivity index (χ0v) is 86.1. The maximum Gasteiger partial charge on any atom is 0.354 e. The van der Waals surface area contributed by atoms with Crippen LogP contribution in [0, 0.1) is 37.2 Å². The number of carbonyl (C=O) groups is 5. The molecule has 682 valence electrons. The molecule has 6 radical (unpaired) electrons. The first-order valence-corrected chi connectivity index (χ1v) is 38.8. The van der Waals surface area contributed by atoms with Crippen LogP contribution in [0.15, 0.2) is 383 Å². The monoisotopic (exact) mass is 2830 g/mol. The summed E-state index contributed by atoms with van der Waals surface area (Å²) in [7, 11) is 0. The minimum atomic E-state index is -0.990. The molecule has 18 aromatic rings. The summed E-state index contributed by atoms with van der Waals surface area (Å²) in [6.45, 7) is 11.4. The summed E-state index contributed by atoms with van der Waals surface area (Å²) in [6.07, 6.45) is 45.1. The van der Waals surface area contributed by atoms with Gasteiger partial charge in [0.15, 0.2) is 23.1 Å². The van der Waals surface area contributed by atoms with E-state index >= 15 is 0 Å². The summed E-state index contributed by atoms with van der Waals surface area (Å²) in [5.74, 6) is 3.07. The number of thiazole rings is 1. The molecule has 0 atom stereocenters. The third kappa shape index (κ3) is 39.9. The molecule has 26 nitrogen and oxygen atoms in total. The number of benzene rings is 5. The number of rotatable bonds is 13. The number of hydrogen-bond acceptors (Lipinski definition) is 18. The van der Waals surface area contributed by atoms with Gasteiger partial charge in [-0.1, -0.05) is 152 Å². The molecule has 0 aliphatic rings. The average Bonchev–Trinajstić information content (AvgIpc) is 1.62. The molecule has 0 saturated heterocycles. The van der Waals surface area contributed by atoms with Crippen molar-refractivity contribution in [3.05, 3.63) is 425 Å². The number of allylic oxidation sites excluding steroid dienone is 8. The molecule has 33 heteroatoms. The fourth-order valence-electron chi connectivity index (χ4n) is 10.6. The molecule has 5 aromatic carbocycles. The molecule has 0 aliphatic carbocycles. The smallest absolute Gasteiger partial charge is 0.354 e. The molecule has 0 saturated carbocycles. The molecule has 13 aromatic heterocycles. The van der Waals surface area contributed by atoms with Gasteiger partial charge in [-0.3, -0.25) is 44.1 Å². The number of aliphatic hydroxyl groups is 4. The molecule has 130 heavy (non-hydrogen) atoms. The van der Waals surface area contributed by atoms with Crippen molar-refractivity contribution in [3.8, 4) is 45.9 Å². The number of carboxylic acid groups (broad SMARTS) is 1. The van der Waals surface area contributed by atoms with Crippen LogP contribution in [-0.4, -0.2) is 131 Å². The maximum atomic E-state index is 10.1. The minimum absolute atomic E-state index is 0. The van der Waals surface area contributed by atoms with Crippen LogP contribution in [0.2, 0.25) is 0 Å². The Balaban J connectivity index is 0.000000491. The molecule has 5 N–H and O–H groups in total. The number of nitrogens with zero attached hydrogens (tertiary/aromatic N) is 16. The number of aromatic nitrogens is 16. The molecule has 0 amide bonds. The van der Waals surface area contributed by atoms with E-state index in [-0.39, 0.29) is 172 Å². The van der Waals surface area contributed by atoms with Crippen molar-refractivity contribution in [2.75, 3.05) is 0 Å². The number of carboxylic acids is 1. The van der Waals surface area contributed by atoms with Crippen LogP contribution in [-0.2, 0) is 140 Å². The van der Waals surface area contributed by atoms with E-state index in [1.165, 1.54) is 96.7 Å². The Morgan fingerprint density at radius 3 is 1.15 bits per heavy atom. The van der Waals surface area contributed by atoms with Crippen LogP contribution in [0.1, 0.15) is 65.9 Å². The Morgan fingerprint density at radius 1 is 0.346 bits per heavy atom. The molecular weight excluding hydrogens is 2730 g/mol. The van der Waals surface area contributed by atoms with Crippen molar-refractivity contribution >= 4 is 72.5 Å². The van der Waals surface area contributed by atoms with Crippen molar-refractivity contribution in [2.45, 2.75) is 55.4 Å². The van der Waals surface area contributed by atoms with Crippen LogP contribution in [0.25, 0.3) is 77.9 Å². The molecule has 0 bridgehead atoms. The first kappa shape index (κ1) is 113. The van der Waals surface area contributed by atoms with Crippen LogP contribution < -0.4 is 0 Å². The normalized spacial score (nSPS) is 10.1. The van der Waals surface area contributed by atoms with Crippen molar-refractivity contribution in [3.63, 3.8) is 0 Å². The molecule has 13 heterocycles. The van der Waals surface area contributed by atoms with Gasteiger partial charge < -0.3 is 62.1 Å². The topological polar surface area (TPSA) is 329 Å². The fourth-order valence-corrected chi connectivity index (χ4v) is 11.6. The Morgan fingerprint density at radius 2 is 0.738 bits per heavy atom. The van der Waals surface area contributed by atoms with Crippen molar-refractivity contribution in [1.29, 1.82) is 0 Å². The van der Waals surface area contributed by atoms with E-state index in [0.717, 1.165) is 73.2 Å². The predicted octanol–water partition coefficient (Wildman–Crippen LogP) is 19.4. The van der Waals surface area contributed by atoms with Gasteiger partial charge in [0.05, 0.1) is 63.2 Å². The third-order valence-electron chi connectivity index (χ3n) is 15.5. The van der Waals surface area contributed by atoms with E-state index in [9.17, 15) is 24.0 Å². The standard InChI is InChI=1S/C17H12N3.C13H10N3.C12H8N3.C11H7N2S.2C9H7N2.C6H5NO2.4C5H8O2.6Ir/c1-2-8-14(9-3-1)20-16-11-5-4-10-15(16)18-17(20)19-12-6-7-13-19;1-2-6-12(7-3-1)16-11-8-14-13(16)15-9-4-5-10-15;1-2-6-11-10(5-1)9-13-14-12(11)15-7-3-4-8-15;1-2-6-10-9(5-1)12-11(14-10)13-7-3-4-8-13;2*1-2-6-10-9(5-1)11-7-3-4-8-11;8-6(9)5-3-1-2-4-7-5;4*1-4(6)3-5(2)7;;;;;;/h1-12H;1-9,11H;1-7,9H;1-7H;2*1-7H;1-4H,(H,8,9);4*3,6H,1-2H3;;;;;;/q6*-1;;;;;;;;;;;. The second-order valence-electron chi connectivity index (χ2n) is 25.7. The SMILES string of the molecule is CC(=O)C=C(C)O.CC(=O)C=C(C)O.CC(=O)C=C(C)O.CC(=O)C=C(C)O.O=C(O)c1ccccn1.[Ir].[Ir].[Ir].[Ir].[Ir].[Ir].[c-]1cccn1-c1ccccn1.[c-]1cccn1-c1ccccn1.[c-]1cccn1-c1nc2ccccc2n1-c1ccccc1.[c-]1cccn1-c1nc2ccccc2s1.[c-]1cccn1-c1nccn1-c1ccccc1.[c-]1cccn1-c1nncc2ccccc12. The molecule has 18 rings (SSSR count). The van der Waals surface area contributed by atoms with Gasteiger partial charge >= 0.3 is 5.97 Å². The molecule has 0 spiro atoms. The number of aliphatic hydroxyl groups excluding tert-OH is 4. The van der Waals surface area contributed by atoms with Crippen LogP contribution in [0.4, 0.5) is 0 Å². The third-order valence-corrected chi connectivity index (χ3v) is 16.5. The number of para-hydroxylation sites is 5. The van der Waals surface area contributed by atoms with E-state index in [1.54, 1.807) is 48.3 Å². The maximum absolute atomic E-state index is 10.1. The molecule has 0 unspecified atom stereocenters. The van der Waals surface area contributed by atoms with Gasteiger partial charge in [0, 0.05) is 192 Å². The second-order valence-corrected chi connectivity index (χ2v) is 26.8. The van der Waals surface area contributed by atoms with E-state index in [0.29, 0.717) is 0 Å². The van der Waals surface area contributed by atoms with Gasteiger partial charge in [-0.25, -0.2) is 9.78 Å². The van der Waals surface area contributed by atoms with E-state index < -0.39 is 5.97 Å². The largest absolute Gasteiger partial charge is 0.512 e. The van der Waals surface area contributed by atoms with Gasteiger partial charge in [0.2, 0.25) is 0 Å². The molecule has 0 aliphatic heterocycles. The Labute approximate surface area is 838 Å². The van der Waals surface area contributed by atoms with Crippen molar-refractivity contribution < 1.29 is 170 Å². The zero-order valence-electron chi connectivity index (χ0n) is 70.9. The van der Waals surface area contributed by atoms with Gasteiger partial charge in [-0.05, 0) is 139 Å². The number of fused-ring (bicyclic) bond motifs is 3. The van der Waals surface area contributed by atoms with Gasteiger partial charge in [0.25, 0.3) is 0 Å². The number of pyridine rings is 3. The van der Waals surface area contributed by atoms with Crippen molar-refractivity contribution in [1.82, 2.24) is 76.6 Å². The van der Waals surface area contributed by atoms with Crippen LogP contribution >= 0.6 is 11.3 Å². The Bertz CT molecular complexity index is 6090. The van der Waals surface area contributed by atoms with Gasteiger partial charge in [-0.15, -0.1) is 84.9 Å². The summed E-state index contributed by atoms with van der Waals surface area (Å²) in [4.78, 5) is 75.7. The van der Waals surface area contributed by atoms with Crippen molar-refractivity contribution in [2.24, 2.45) is 0 Å². The minimum Gasteiger partial charge on any atom is -0.512 e. The average molecular weight is 2820 g/mol. The first-order chi connectivity index (χ1) is 60.0. The van der Waals surface area contributed by atoms with E-state index in [4.69, 9.17) is 30.5 Å². The van der Waals surface area contributed by atoms with Crippen LogP contribution in [0.3, 0.4) is 0 Å². The fraction of sp³-hybridized carbons (Fsp3) is 0.0825. The number of aromatic carboxylic acids is 1. The number of imidazole rings is 2. The predicted molar refractivity (Wildman–Crippen MR) is 481 cm³/mol. The summed E-state index contributed by atoms with van der Waals surface area (Å²) in [5.41, 5.74) is 5.40. The number of hydrogen-bond donors (Lipinski definition) is 5. The molecular formula is C97H88Ir6N16O10S-6. The summed E-state index contributed by atoms with van der Waals surface area (Å²) in [5, 5.41) is 53.0. The van der Waals surface area contributed by atoms with E-state index in [1.807, 2.05) is 282 Å². The quantitative estimate of drug-likeness (QED) is 0.0407. The number of carbonyl (C=O) groups excluding carboxylic acids is 4. The van der Waals surface area contributed by atoms with Gasteiger partial charge in [0.1, 0.15) is 22.7 Å². The second kappa shape index (κ2) is 62.5. The molecule has 0 fully saturated rings. The first-order valence-electron chi connectivity index (χ1n) is 38.0.